The van der Waals surface area contributed by atoms with E-state index in [1.807, 2.05) is 4.57 Å². The van der Waals surface area contributed by atoms with Crippen LogP contribution in [0.1, 0.15) is 17.9 Å². The van der Waals surface area contributed by atoms with E-state index in [-0.39, 0.29) is 12.5 Å². The fraction of sp³-hybridized carbons (Fsp3) is 0.556. The quantitative estimate of drug-likeness (QED) is 0.687. The monoisotopic (exact) mass is 196 g/mol. The van der Waals surface area contributed by atoms with Crippen LogP contribution < -0.4 is 0 Å². The van der Waals surface area contributed by atoms with Crippen molar-refractivity contribution >= 4 is 5.97 Å². The van der Waals surface area contributed by atoms with E-state index in [4.69, 9.17) is 5.11 Å². The minimum absolute atomic E-state index is 0.0455. The van der Waals surface area contributed by atoms with Crippen LogP contribution in [0, 0.1) is 0 Å². The highest BCUT2D eigenvalue weighted by Crippen LogP contribution is 2.15. The Morgan fingerprint density at radius 2 is 2.50 bits per heavy atom. The van der Waals surface area contributed by atoms with E-state index < -0.39 is 5.97 Å². The van der Waals surface area contributed by atoms with E-state index in [1.54, 1.807) is 6.20 Å². The third-order valence-corrected chi connectivity index (χ3v) is 2.36. The van der Waals surface area contributed by atoms with Gasteiger partial charge in [0.25, 0.3) is 0 Å². The van der Waals surface area contributed by atoms with E-state index in [0.29, 0.717) is 12.1 Å². The third kappa shape index (κ3) is 1.77. The molecule has 0 bridgehead atoms. The van der Waals surface area contributed by atoms with Crippen LogP contribution in [0.4, 0.5) is 0 Å². The highest BCUT2D eigenvalue weighted by Gasteiger charge is 2.19. The van der Waals surface area contributed by atoms with Gasteiger partial charge in [0.1, 0.15) is 5.82 Å². The van der Waals surface area contributed by atoms with Crippen molar-refractivity contribution in [3.05, 3.63) is 17.7 Å². The van der Waals surface area contributed by atoms with Crippen molar-refractivity contribution in [2.75, 3.05) is 0 Å². The first-order valence-corrected chi connectivity index (χ1v) is 4.60. The number of carbonyl (C=O) groups is 1. The molecule has 1 aromatic heterocycles. The van der Waals surface area contributed by atoms with Crippen LogP contribution in [0.15, 0.2) is 6.20 Å². The molecule has 0 saturated heterocycles. The van der Waals surface area contributed by atoms with E-state index in [0.717, 1.165) is 18.8 Å². The summed E-state index contributed by atoms with van der Waals surface area (Å²) in [4.78, 5) is 14.6. The zero-order valence-electron chi connectivity index (χ0n) is 7.68. The zero-order valence-corrected chi connectivity index (χ0v) is 7.68. The number of aromatic nitrogens is 2. The summed E-state index contributed by atoms with van der Waals surface area (Å²) in [6.45, 7) is 0.725. The fourth-order valence-corrected chi connectivity index (χ4v) is 1.71. The van der Waals surface area contributed by atoms with E-state index in [1.165, 1.54) is 0 Å². The van der Waals surface area contributed by atoms with Gasteiger partial charge in [-0.05, 0) is 6.42 Å². The van der Waals surface area contributed by atoms with Gasteiger partial charge < -0.3 is 14.8 Å². The molecule has 2 N–H and O–H groups in total. The molecule has 0 saturated carbocycles. The number of carboxylic acids is 1. The molecular formula is C9H12N2O3. The van der Waals surface area contributed by atoms with E-state index in [9.17, 15) is 9.90 Å². The van der Waals surface area contributed by atoms with Crippen LogP contribution in [-0.4, -0.2) is 31.8 Å². The lowest BCUT2D eigenvalue weighted by atomic mass is 10.1. The van der Waals surface area contributed by atoms with Crippen LogP contribution in [0.2, 0.25) is 0 Å². The van der Waals surface area contributed by atoms with Gasteiger partial charge in [-0.25, -0.2) is 4.98 Å². The van der Waals surface area contributed by atoms with Crippen LogP contribution in [0.25, 0.3) is 0 Å². The summed E-state index contributed by atoms with van der Waals surface area (Å²) in [6, 6.07) is 0. The Morgan fingerprint density at radius 3 is 3.21 bits per heavy atom. The number of hydrogen-bond acceptors (Lipinski definition) is 3. The predicted octanol–water partition coefficient (Wildman–Crippen LogP) is -0.183. The second-order valence-electron chi connectivity index (χ2n) is 3.56. The molecule has 2 rings (SSSR count). The first-order valence-electron chi connectivity index (χ1n) is 4.60. The maximum Gasteiger partial charge on any atom is 0.309 e. The Bertz CT molecular complexity index is 359. The molecule has 0 fully saturated rings. The number of rotatable bonds is 2. The normalized spacial score (nSPS) is 20.5. The fourth-order valence-electron chi connectivity index (χ4n) is 1.71. The Morgan fingerprint density at radius 1 is 1.71 bits per heavy atom. The van der Waals surface area contributed by atoms with Crippen LogP contribution in [0.5, 0.6) is 0 Å². The van der Waals surface area contributed by atoms with Crippen molar-refractivity contribution in [2.24, 2.45) is 0 Å². The topological polar surface area (TPSA) is 75.3 Å². The van der Waals surface area contributed by atoms with E-state index in [2.05, 4.69) is 4.98 Å². The Hall–Kier alpha value is -1.36. The standard InChI is InChI=1S/C9H12N2O3/c12-7-1-2-11-5-6(3-9(13)14)10-8(11)4-7/h5,7,12H,1-4H2,(H,13,14). The number of carboxylic acid groups (broad SMARTS) is 1. The Labute approximate surface area is 81.0 Å². The minimum atomic E-state index is -0.874. The number of aliphatic hydroxyl groups is 1. The zero-order chi connectivity index (χ0) is 10.1. The van der Waals surface area contributed by atoms with Crippen molar-refractivity contribution in [1.29, 1.82) is 0 Å². The van der Waals surface area contributed by atoms with Crippen molar-refractivity contribution in [3.8, 4) is 0 Å². The summed E-state index contributed by atoms with van der Waals surface area (Å²) in [5, 5.41) is 18.0. The SMILES string of the molecule is O=C(O)Cc1cn2c(n1)CC(O)CC2. The Balaban J connectivity index is 2.19. The smallest absolute Gasteiger partial charge is 0.309 e. The molecule has 14 heavy (non-hydrogen) atoms. The molecule has 0 aliphatic carbocycles. The summed E-state index contributed by atoms with van der Waals surface area (Å²) in [5.41, 5.74) is 0.571. The summed E-state index contributed by atoms with van der Waals surface area (Å²) >= 11 is 0. The van der Waals surface area contributed by atoms with Gasteiger partial charge in [0.2, 0.25) is 0 Å². The minimum Gasteiger partial charge on any atom is -0.481 e. The lowest BCUT2D eigenvalue weighted by molar-refractivity contribution is -0.136. The molecule has 0 spiro atoms. The van der Waals surface area contributed by atoms with Crippen molar-refractivity contribution in [1.82, 2.24) is 9.55 Å². The van der Waals surface area contributed by atoms with Crippen molar-refractivity contribution in [2.45, 2.75) is 31.9 Å². The summed E-state index contributed by atoms with van der Waals surface area (Å²) in [5.74, 6) is -0.0824. The van der Waals surface area contributed by atoms with Gasteiger partial charge in [-0.2, -0.15) is 0 Å². The molecule has 76 valence electrons. The average Bonchev–Trinajstić information content (AvgIpc) is 2.44. The van der Waals surface area contributed by atoms with Gasteiger partial charge in [-0.1, -0.05) is 0 Å². The molecule has 5 heteroatoms. The van der Waals surface area contributed by atoms with Crippen LogP contribution >= 0.6 is 0 Å². The van der Waals surface area contributed by atoms with Crippen molar-refractivity contribution in [3.63, 3.8) is 0 Å². The van der Waals surface area contributed by atoms with Gasteiger partial charge in [0.15, 0.2) is 0 Å². The molecule has 0 aromatic carbocycles. The molecule has 1 atom stereocenters. The lowest BCUT2D eigenvalue weighted by Crippen LogP contribution is -2.22. The van der Waals surface area contributed by atoms with Gasteiger partial charge >= 0.3 is 5.97 Å². The highest BCUT2D eigenvalue weighted by atomic mass is 16.4. The summed E-state index contributed by atoms with van der Waals surface area (Å²) in [7, 11) is 0. The number of imidazole rings is 1. The molecule has 1 unspecified atom stereocenters. The molecule has 0 radical (unpaired) electrons. The highest BCUT2D eigenvalue weighted by molar-refractivity contribution is 5.69. The number of aliphatic hydroxyl groups excluding tert-OH is 1. The van der Waals surface area contributed by atoms with Crippen molar-refractivity contribution < 1.29 is 15.0 Å². The van der Waals surface area contributed by atoms with E-state index >= 15 is 0 Å². The number of aryl methyl sites for hydroxylation is 1. The maximum atomic E-state index is 10.4. The lowest BCUT2D eigenvalue weighted by Gasteiger charge is -2.18. The average molecular weight is 196 g/mol. The number of hydrogen-bond donors (Lipinski definition) is 2. The van der Waals surface area contributed by atoms with Crippen LogP contribution in [0.3, 0.4) is 0 Å². The molecule has 1 aliphatic heterocycles. The first kappa shape index (κ1) is 9.21. The molecular weight excluding hydrogens is 184 g/mol. The molecule has 1 aliphatic rings. The second kappa shape index (κ2) is 3.42. The number of aliphatic carboxylic acids is 1. The maximum absolute atomic E-state index is 10.4. The number of nitrogens with zero attached hydrogens (tertiary/aromatic N) is 2. The van der Waals surface area contributed by atoms with Gasteiger partial charge in [0, 0.05) is 19.2 Å². The first-order chi connectivity index (χ1) is 6.65. The van der Waals surface area contributed by atoms with Gasteiger partial charge in [0.05, 0.1) is 18.2 Å². The summed E-state index contributed by atoms with van der Waals surface area (Å²) < 4.78 is 1.92. The molecule has 1 aromatic rings. The summed E-state index contributed by atoms with van der Waals surface area (Å²) in [6.07, 6.45) is 2.63. The van der Waals surface area contributed by atoms with Gasteiger partial charge in [-0.3, -0.25) is 4.79 Å². The molecule has 0 amide bonds. The third-order valence-electron chi connectivity index (χ3n) is 2.36. The number of fused-ring (bicyclic) bond motifs is 1. The van der Waals surface area contributed by atoms with Gasteiger partial charge in [-0.15, -0.1) is 0 Å². The Kier molecular flexibility index (Phi) is 2.25. The second-order valence-corrected chi connectivity index (χ2v) is 3.56. The molecule has 5 nitrogen and oxygen atoms in total. The predicted molar refractivity (Wildman–Crippen MR) is 47.9 cm³/mol. The van der Waals surface area contributed by atoms with Crippen LogP contribution in [-0.2, 0) is 24.2 Å². The molecule has 2 heterocycles. The largest absolute Gasteiger partial charge is 0.481 e.